The van der Waals surface area contributed by atoms with Gasteiger partial charge in [0.05, 0.1) is 12.1 Å². The summed E-state index contributed by atoms with van der Waals surface area (Å²) in [5.41, 5.74) is 6.23. The minimum atomic E-state index is 0.0757. The summed E-state index contributed by atoms with van der Waals surface area (Å²) in [5, 5.41) is 3.24. The van der Waals surface area contributed by atoms with Gasteiger partial charge >= 0.3 is 0 Å². The first-order valence-electron chi connectivity index (χ1n) is 8.43. The number of amides is 1. The zero-order valence-corrected chi connectivity index (χ0v) is 11.8. The van der Waals surface area contributed by atoms with Crippen LogP contribution in [0.3, 0.4) is 0 Å². The molecule has 3 N–H and O–H groups in total. The Morgan fingerprint density at radius 3 is 2.65 bits per heavy atom. The zero-order valence-electron chi connectivity index (χ0n) is 11.8. The summed E-state index contributed by atoms with van der Waals surface area (Å²) in [4.78, 5) is 12.5. The molecule has 1 aliphatic heterocycles. The predicted octanol–water partition coefficient (Wildman–Crippen LogP) is 0.899. The second-order valence-electron chi connectivity index (χ2n) is 7.77. The predicted molar refractivity (Wildman–Crippen MR) is 73.7 cm³/mol. The molecule has 20 heavy (non-hydrogen) atoms. The molecule has 5 aliphatic rings. The standard InChI is InChI=1S/C16H24N2O2/c17-13-9-2-1-5-20-15(9)14(13)18-16(19)12-10-7-3-4-8(6-7)11(10)12/h7-15H,1-6,17H2,(H,18,19). The molecule has 1 amide bonds. The van der Waals surface area contributed by atoms with E-state index in [4.69, 9.17) is 10.5 Å². The van der Waals surface area contributed by atoms with Crippen LogP contribution >= 0.6 is 0 Å². The molecule has 0 aromatic carbocycles. The van der Waals surface area contributed by atoms with E-state index in [1.807, 2.05) is 0 Å². The van der Waals surface area contributed by atoms with Gasteiger partial charge in [0.15, 0.2) is 0 Å². The molecule has 0 aromatic heterocycles. The summed E-state index contributed by atoms with van der Waals surface area (Å²) in [5.74, 6) is 4.22. The van der Waals surface area contributed by atoms with Gasteiger partial charge in [-0.15, -0.1) is 0 Å². The maximum atomic E-state index is 12.5. The van der Waals surface area contributed by atoms with Crippen LogP contribution in [0.15, 0.2) is 0 Å². The first kappa shape index (κ1) is 12.0. The van der Waals surface area contributed by atoms with Gasteiger partial charge in [-0.25, -0.2) is 0 Å². The lowest BCUT2D eigenvalue weighted by Crippen LogP contribution is -2.72. The Hall–Kier alpha value is -0.610. The Morgan fingerprint density at radius 2 is 1.90 bits per heavy atom. The highest BCUT2D eigenvalue weighted by molar-refractivity contribution is 5.83. The van der Waals surface area contributed by atoms with Crippen LogP contribution in [0, 0.1) is 35.5 Å². The van der Waals surface area contributed by atoms with Crippen LogP contribution in [0.1, 0.15) is 32.1 Å². The highest BCUT2D eigenvalue weighted by Gasteiger charge is 2.68. The molecule has 2 bridgehead atoms. The SMILES string of the molecule is NC1C2CCCOC2C1NC(=O)C1C2C3CCC(C3)C12. The zero-order chi connectivity index (χ0) is 13.4. The van der Waals surface area contributed by atoms with Gasteiger partial charge < -0.3 is 15.8 Å². The Labute approximate surface area is 119 Å². The van der Waals surface area contributed by atoms with Crippen molar-refractivity contribution >= 4 is 5.91 Å². The van der Waals surface area contributed by atoms with Crippen LogP contribution in [0.5, 0.6) is 0 Å². The Balaban J connectivity index is 1.24. The van der Waals surface area contributed by atoms with Gasteiger partial charge in [-0.05, 0) is 55.8 Å². The lowest BCUT2D eigenvalue weighted by atomic mass is 9.68. The van der Waals surface area contributed by atoms with E-state index in [-0.39, 0.29) is 24.1 Å². The van der Waals surface area contributed by atoms with E-state index in [1.54, 1.807) is 0 Å². The number of nitrogens with two attached hydrogens (primary N) is 1. The molecule has 8 unspecified atom stereocenters. The fourth-order valence-electron chi connectivity index (χ4n) is 6.06. The maximum absolute atomic E-state index is 12.5. The minimum Gasteiger partial charge on any atom is -0.376 e. The van der Waals surface area contributed by atoms with E-state index in [9.17, 15) is 4.79 Å². The molecule has 0 aromatic rings. The molecular weight excluding hydrogens is 252 g/mol. The van der Waals surface area contributed by atoms with E-state index < -0.39 is 0 Å². The molecule has 1 heterocycles. The highest BCUT2D eigenvalue weighted by atomic mass is 16.5. The average Bonchev–Trinajstić information content (AvgIpc) is 2.92. The van der Waals surface area contributed by atoms with E-state index >= 15 is 0 Å². The maximum Gasteiger partial charge on any atom is 0.224 e. The van der Waals surface area contributed by atoms with Gasteiger partial charge in [0.1, 0.15) is 0 Å². The van der Waals surface area contributed by atoms with Crippen LogP contribution in [0.4, 0.5) is 0 Å². The summed E-state index contributed by atoms with van der Waals surface area (Å²) >= 11 is 0. The van der Waals surface area contributed by atoms with Crippen LogP contribution in [0.2, 0.25) is 0 Å². The normalized spacial score (nSPS) is 58.5. The quantitative estimate of drug-likeness (QED) is 0.787. The Kier molecular flexibility index (Phi) is 2.38. The minimum absolute atomic E-state index is 0.0757. The van der Waals surface area contributed by atoms with Crippen LogP contribution < -0.4 is 11.1 Å². The third-order valence-electron chi connectivity index (χ3n) is 7.02. The Morgan fingerprint density at radius 1 is 1.15 bits per heavy atom. The molecule has 4 nitrogen and oxygen atoms in total. The van der Waals surface area contributed by atoms with Crippen LogP contribution in [0.25, 0.3) is 0 Å². The lowest BCUT2D eigenvalue weighted by molar-refractivity contribution is -0.140. The molecular formula is C16H24N2O2. The number of hydrogen-bond acceptors (Lipinski definition) is 3. The van der Waals surface area contributed by atoms with Gasteiger partial charge in [-0.1, -0.05) is 0 Å². The fraction of sp³-hybridized carbons (Fsp3) is 0.938. The van der Waals surface area contributed by atoms with Gasteiger partial charge in [-0.3, -0.25) is 4.79 Å². The summed E-state index contributed by atoms with van der Waals surface area (Å²) in [6.07, 6.45) is 6.61. The van der Waals surface area contributed by atoms with Crippen molar-refractivity contribution in [1.29, 1.82) is 0 Å². The van der Waals surface area contributed by atoms with Crippen LogP contribution in [-0.4, -0.2) is 30.7 Å². The molecule has 4 heteroatoms. The molecule has 4 saturated carbocycles. The van der Waals surface area contributed by atoms with Crippen molar-refractivity contribution < 1.29 is 9.53 Å². The molecule has 4 aliphatic carbocycles. The largest absolute Gasteiger partial charge is 0.376 e. The van der Waals surface area contributed by atoms with E-state index in [1.165, 1.54) is 19.3 Å². The lowest BCUT2D eigenvalue weighted by Gasteiger charge is -2.52. The van der Waals surface area contributed by atoms with Crippen LogP contribution in [-0.2, 0) is 9.53 Å². The third-order valence-corrected chi connectivity index (χ3v) is 7.02. The smallest absolute Gasteiger partial charge is 0.224 e. The number of fused-ring (bicyclic) bond motifs is 6. The Bertz CT molecular complexity index is 438. The molecule has 1 saturated heterocycles. The van der Waals surface area contributed by atoms with E-state index in [2.05, 4.69) is 5.32 Å². The number of rotatable bonds is 2. The fourth-order valence-corrected chi connectivity index (χ4v) is 6.06. The number of carbonyl (C=O) groups excluding carboxylic acids is 1. The first-order valence-corrected chi connectivity index (χ1v) is 8.43. The second-order valence-corrected chi connectivity index (χ2v) is 7.77. The molecule has 0 radical (unpaired) electrons. The molecule has 5 rings (SSSR count). The van der Waals surface area contributed by atoms with Gasteiger partial charge in [0.25, 0.3) is 0 Å². The first-order chi connectivity index (χ1) is 9.75. The molecule has 5 fully saturated rings. The van der Waals surface area contributed by atoms with Crippen molar-refractivity contribution in [2.45, 2.75) is 50.3 Å². The van der Waals surface area contributed by atoms with Crippen molar-refractivity contribution in [3.05, 3.63) is 0 Å². The van der Waals surface area contributed by atoms with Crippen molar-refractivity contribution in [2.24, 2.45) is 41.2 Å². The van der Waals surface area contributed by atoms with Gasteiger partial charge in [0, 0.05) is 24.5 Å². The number of hydrogen-bond donors (Lipinski definition) is 2. The average molecular weight is 276 g/mol. The molecule has 0 spiro atoms. The topological polar surface area (TPSA) is 64.3 Å². The summed E-state index contributed by atoms with van der Waals surface area (Å²) < 4.78 is 5.81. The van der Waals surface area contributed by atoms with Crippen molar-refractivity contribution in [3.63, 3.8) is 0 Å². The summed E-state index contributed by atoms with van der Waals surface area (Å²) in [7, 11) is 0. The monoisotopic (exact) mass is 276 g/mol. The van der Waals surface area contributed by atoms with Gasteiger partial charge in [0.2, 0.25) is 5.91 Å². The number of carbonyl (C=O) groups is 1. The second kappa shape index (κ2) is 3.98. The van der Waals surface area contributed by atoms with Gasteiger partial charge in [-0.2, -0.15) is 0 Å². The van der Waals surface area contributed by atoms with E-state index in [0.717, 1.165) is 31.3 Å². The molecule has 110 valence electrons. The number of nitrogens with one attached hydrogen (secondary N) is 1. The van der Waals surface area contributed by atoms with Crippen molar-refractivity contribution in [3.8, 4) is 0 Å². The number of ether oxygens (including phenoxy) is 1. The third kappa shape index (κ3) is 1.42. The van der Waals surface area contributed by atoms with Crippen molar-refractivity contribution in [2.75, 3.05) is 6.61 Å². The molecule has 8 atom stereocenters. The highest BCUT2D eigenvalue weighted by Crippen LogP contribution is 2.69. The summed E-state index contributed by atoms with van der Waals surface area (Å²) in [6.45, 7) is 0.832. The van der Waals surface area contributed by atoms with E-state index in [0.29, 0.717) is 23.7 Å². The van der Waals surface area contributed by atoms with Crippen molar-refractivity contribution in [1.82, 2.24) is 5.32 Å². The summed E-state index contributed by atoms with van der Waals surface area (Å²) in [6, 6.07) is 0.186.